The Morgan fingerprint density at radius 3 is 2.62 bits per heavy atom. The first kappa shape index (κ1) is 14.7. The molecule has 0 radical (unpaired) electrons. The molecule has 1 N–H and O–H groups in total. The molecule has 1 fully saturated rings. The third kappa shape index (κ3) is 2.90. The molecule has 1 aromatic carbocycles. The van der Waals surface area contributed by atoms with Gasteiger partial charge in [0.1, 0.15) is 0 Å². The van der Waals surface area contributed by atoms with Crippen molar-refractivity contribution in [3.05, 3.63) is 40.7 Å². The third-order valence-electron chi connectivity index (χ3n) is 4.75. The Morgan fingerprint density at radius 2 is 2.00 bits per heavy atom. The van der Waals surface area contributed by atoms with Gasteiger partial charge in [0.25, 0.3) is 0 Å². The summed E-state index contributed by atoms with van der Waals surface area (Å²) in [6, 6.07) is 10.5. The molecule has 0 aliphatic carbocycles. The molecular weight excluding hydrogens is 276 g/mol. The quantitative estimate of drug-likeness (QED) is 0.901. The summed E-state index contributed by atoms with van der Waals surface area (Å²) in [5, 5.41) is 7.21. The summed E-state index contributed by atoms with van der Waals surface area (Å²) < 4.78 is 0. The van der Waals surface area contributed by atoms with E-state index in [1.54, 1.807) is 11.3 Å². The Labute approximate surface area is 131 Å². The minimum absolute atomic E-state index is 0.193. The average Bonchev–Trinajstić information content (AvgIpc) is 3.10. The number of hydrogen-bond acceptors (Lipinski definition) is 3. The zero-order chi connectivity index (χ0) is 14.9. The SMILES string of the molecule is CC(C)(C)C1(Cc2nc(-c3ccccc3)cs2)CCCN1. The standard InChI is InChI=1S/C18H24N2S/c1-17(2,3)18(10-7-11-19-18)12-16-20-15(13-21-16)14-8-5-4-6-9-14/h4-6,8-9,13,19H,7,10-12H2,1-3H3. The van der Waals surface area contributed by atoms with Gasteiger partial charge in [-0.25, -0.2) is 4.98 Å². The molecule has 2 nitrogen and oxygen atoms in total. The number of rotatable bonds is 3. The van der Waals surface area contributed by atoms with E-state index in [0.29, 0.717) is 0 Å². The molecule has 112 valence electrons. The smallest absolute Gasteiger partial charge is 0.0951 e. The fraction of sp³-hybridized carbons (Fsp3) is 0.500. The van der Waals surface area contributed by atoms with Crippen LogP contribution in [0, 0.1) is 5.41 Å². The fourth-order valence-electron chi connectivity index (χ4n) is 3.25. The summed E-state index contributed by atoms with van der Waals surface area (Å²) in [4.78, 5) is 4.88. The monoisotopic (exact) mass is 300 g/mol. The first-order valence-corrected chi connectivity index (χ1v) is 8.63. The van der Waals surface area contributed by atoms with Crippen molar-refractivity contribution in [2.75, 3.05) is 6.54 Å². The molecule has 1 aliphatic rings. The fourth-order valence-corrected chi connectivity index (χ4v) is 4.17. The molecule has 21 heavy (non-hydrogen) atoms. The highest BCUT2D eigenvalue weighted by molar-refractivity contribution is 7.10. The van der Waals surface area contributed by atoms with E-state index in [1.807, 2.05) is 6.07 Å². The van der Waals surface area contributed by atoms with Crippen LogP contribution in [0.1, 0.15) is 38.6 Å². The van der Waals surface area contributed by atoms with Crippen molar-refractivity contribution in [1.82, 2.24) is 10.3 Å². The molecule has 3 heteroatoms. The lowest BCUT2D eigenvalue weighted by Crippen LogP contribution is -2.52. The lowest BCUT2D eigenvalue weighted by atomic mass is 9.71. The van der Waals surface area contributed by atoms with Crippen molar-refractivity contribution in [2.24, 2.45) is 5.41 Å². The highest BCUT2D eigenvalue weighted by Crippen LogP contribution is 2.40. The van der Waals surface area contributed by atoms with Gasteiger partial charge in [-0.1, -0.05) is 51.1 Å². The molecule has 1 unspecified atom stereocenters. The van der Waals surface area contributed by atoms with Crippen LogP contribution in [0.25, 0.3) is 11.3 Å². The van der Waals surface area contributed by atoms with Gasteiger partial charge < -0.3 is 5.32 Å². The number of hydrogen-bond donors (Lipinski definition) is 1. The van der Waals surface area contributed by atoms with Gasteiger partial charge in [-0.3, -0.25) is 0 Å². The van der Waals surface area contributed by atoms with Gasteiger partial charge in [-0.2, -0.15) is 0 Å². The number of nitrogens with one attached hydrogen (secondary N) is 1. The van der Waals surface area contributed by atoms with Crippen LogP contribution in [0.3, 0.4) is 0 Å². The second kappa shape index (κ2) is 5.54. The lowest BCUT2D eigenvalue weighted by Gasteiger charge is -2.42. The minimum atomic E-state index is 0.193. The molecule has 0 saturated carbocycles. The highest BCUT2D eigenvalue weighted by Gasteiger charge is 2.44. The van der Waals surface area contributed by atoms with Gasteiger partial charge in [-0.15, -0.1) is 11.3 Å². The van der Waals surface area contributed by atoms with Crippen LogP contribution in [0.4, 0.5) is 0 Å². The molecule has 0 bridgehead atoms. The van der Waals surface area contributed by atoms with Crippen molar-refractivity contribution >= 4 is 11.3 Å². The Bertz CT molecular complexity index is 589. The Kier molecular flexibility index (Phi) is 3.89. The Balaban J connectivity index is 1.84. The maximum atomic E-state index is 4.88. The molecule has 2 aromatic rings. The van der Waals surface area contributed by atoms with Gasteiger partial charge in [0, 0.05) is 22.9 Å². The van der Waals surface area contributed by atoms with Crippen LogP contribution in [-0.4, -0.2) is 17.1 Å². The number of thiazole rings is 1. The van der Waals surface area contributed by atoms with Crippen LogP contribution in [0.15, 0.2) is 35.7 Å². The zero-order valence-corrected chi connectivity index (χ0v) is 14.0. The Morgan fingerprint density at radius 1 is 1.24 bits per heavy atom. The molecule has 1 aliphatic heterocycles. The molecule has 1 aromatic heterocycles. The first-order valence-electron chi connectivity index (χ1n) is 7.75. The number of nitrogens with zero attached hydrogens (tertiary/aromatic N) is 1. The van der Waals surface area contributed by atoms with E-state index in [9.17, 15) is 0 Å². The number of benzene rings is 1. The van der Waals surface area contributed by atoms with E-state index >= 15 is 0 Å². The molecule has 1 atom stereocenters. The molecule has 2 heterocycles. The van der Waals surface area contributed by atoms with Gasteiger partial charge in [0.15, 0.2) is 0 Å². The largest absolute Gasteiger partial charge is 0.310 e. The molecular formula is C18H24N2S. The van der Waals surface area contributed by atoms with Crippen LogP contribution in [-0.2, 0) is 6.42 Å². The second-order valence-electron chi connectivity index (χ2n) is 7.03. The topological polar surface area (TPSA) is 24.9 Å². The van der Waals surface area contributed by atoms with Crippen LogP contribution in [0.2, 0.25) is 0 Å². The second-order valence-corrected chi connectivity index (χ2v) is 7.97. The highest BCUT2D eigenvalue weighted by atomic mass is 32.1. The van der Waals surface area contributed by atoms with E-state index in [-0.39, 0.29) is 11.0 Å². The molecule has 3 rings (SSSR count). The molecule has 0 spiro atoms. The average molecular weight is 300 g/mol. The third-order valence-corrected chi connectivity index (χ3v) is 5.60. The molecule has 1 saturated heterocycles. The summed E-state index contributed by atoms with van der Waals surface area (Å²) in [5.74, 6) is 0. The van der Waals surface area contributed by atoms with Crippen LogP contribution in [0.5, 0.6) is 0 Å². The summed E-state index contributed by atoms with van der Waals surface area (Å²) in [5.41, 5.74) is 2.77. The van der Waals surface area contributed by atoms with E-state index < -0.39 is 0 Å². The van der Waals surface area contributed by atoms with Crippen molar-refractivity contribution in [3.63, 3.8) is 0 Å². The summed E-state index contributed by atoms with van der Waals surface area (Å²) in [7, 11) is 0. The van der Waals surface area contributed by atoms with E-state index in [4.69, 9.17) is 4.98 Å². The van der Waals surface area contributed by atoms with Gasteiger partial charge >= 0.3 is 0 Å². The lowest BCUT2D eigenvalue weighted by molar-refractivity contribution is 0.159. The van der Waals surface area contributed by atoms with E-state index in [2.05, 4.69) is 55.7 Å². The van der Waals surface area contributed by atoms with Crippen LogP contribution < -0.4 is 5.32 Å². The van der Waals surface area contributed by atoms with Crippen LogP contribution >= 0.6 is 11.3 Å². The van der Waals surface area contributed by atoms with Crippen molar-refractivity contribution in [3.8, 4) is 11.3 Å². The summed E-state index contributed by atoms with van der Waals surface area (Å²) in [6.07, 6.45) is 3.55. The van der Waals surface area contributed by atoms with Crippen molar-refractivity contribution < 1.29 is 0 Å². The van der Waals surface area contributed by atoms with Gasteiger partial charge in [0.05, 0.1) is 10.7 Å². The maximum Gasteiger partial charge on any atom is 0.0951 e. The minimum Gasteiger partial charge on any atom is -0.310 e. The van der Waals surface area contributed by atoms with Gasteiger partial charge in [0.2, 0.25) is 0 Å². The Hall–Kier alpha value is -1.19. The van der Waals surface area contributed by atoms with Crippen molar-refractivity contribution in [2.45, 2.75) is 45.6 Å². The first-order chi connectivity index (χ1) is 10.0. The van der Waals surface area contributed by atoms with Gasteiger partial charge in [-0.05, 0) is 24.8 Å². The van der Waals surface area contributed by atoms with E-state index in [0.717, 1.165) is 18.7 Å². The summed E-state index contributed by atoms with van der Waals surface area (Å²) in [6.45, 7) is 8.17. The van der Waals surface area contributed by atoms with Crippen molar-refractivity contribution in [1.29, 1.82) is 0 Å². The maximum absolute atomic E-state index is 4.88. The zero-order valence-electron chi connectivity index (χ0n) is 13.1. The van der Waals surface area contributed by atoms with E-state index in [1.165, 1.54) is 23.4 Å². The summed E-state index contributed by atoms with van der Waals surface area (Å²) >= 11 is 1.79. The normalized spacial score (nSPS) is 22.6. The molecule has 0 amide bonds. The number of aromatic nitrogens is 1. The predicted octanol–water partition coefficient (Wildman–Crippen LogP) is 4.52. The predicted molar refractivity (Wildman–Crippen MR) is 90.7 cm³/mol.